The number of hydrogen-bond acceptors (Lipinski definition) is 3. The van der Waals surface area contributed by atoms with Gasteiger partial charge in [-0.25, -0.2) is 0 Å². The number of aryl methyl sites for hydroxylation is 1. The summed E-state index contributed by atoms with van der Waals surface area (Å²) in [4.78, 5) is 17.5. The first-order chi connectivity index (χ1) is 15.7. The summed E-state index contributed by atoms with van der Waals surface area (Å²) in [7, 11) is 0. The van der Waals surface area contributed by atoms with Gasteiger partial charge in [0.2, 0.25) is 0 Å². The van der Waals surface area contributed by atoms with Crippen molar-refractivity contribution in [1.29, 1.82) is 0 Å². The SMILES string of the molecule is CCc1ccc(-c2ccccc2)c(C(=O)Nc2ccc(NCCc3ccccn3)cc2)c1. The van der Waals surface area contributed by atoms with E-state index >= 15 is 0 Å². The van der Waals surface area contributed by atoms with Gasteiger partial charge < -0.3 is 10.6 Å². The Morgan fingerprint density at radius 3 is 2.31 bits per heavy atom. The van der Waals surface area contributed by atoms with Crippen molar-refractivity contribution < 1.29 is 4.79 Å². The van der Waals surface area contributed by atoms with Crippen LogP contribution in [0, 0.1) is 0 Å². The highest BCUT2D eigenvalue weighted by molar-refractivity contribution is 6.09. The summed E-state index contributed by atoms with van der Waals surface area (Å²) in [5.41, 5.74) is 6.65. The van der Waals surface area contributed by atoms with E-state index in [2.05, 4.69) is 28.6 Å². The minimum Gasteiger partial charge on any atom is -0.385 e. The van der Waals surface area contributed by atoms with Crippen LogP contribution >= 0.6 is 0 Å². The van der Waals surface area contributed by atoms with Gasteiger partial charge in [-0.15, -0.1) is 0 Å². The number of aromatic nitrogens is 1. The molecule has 0 saturated heterocycles. The molecule has 4 heteroatoms. The Morgan fingerprint density at radius 2 is 1.59 bits per heavy atom. The van der Waals surface area contributed by atoms with Crippen LogP contribution in [0.5, 0.6) is 0 Å². The molecule has 4 rings (SSSR count). The van der Waals surface area contributed by atoms with E-state index in [1.54, 1.807) is 0 Å². The average Bonchev–Trinajstić information content (AvgIpc) is 2.86. The predicted molar refractivity (Wildman–Crippen MR) is 132 cm³/mol. The normalized spacial score (nSPS) is 10.5. The number of pyridine rings is 1. The largest absolute Gasteiger partial charge is 0.385 e. The number of hydrogen-bond donors (Lipinski definition) is 2. The molecule has 1 amide bonds. The molecule has 4 aromatic rings. The van der Waals surface area contributed by atoms with E-state index in [-0.39, 0.29) is 5.91 Å². The van der Waals surface area contributed by atoms with Crippen LogP contribution in [-0.4, -0.2) is 17.4 Å². The van der Waals surface area contributed by atoms with Crippen LogP contribution < -0.4 is 10.6 Å². The lowest BCUT2D eigenvalue weighted by molar-refractivity contribution is 0.102. The molecular weight excluding hydrogens is 394 g/mol. The third kappa shape index (κ3) is 5.41. The lowest BCUT2D eigenvalue weighted by Crippen LogP contribution is -2.14. The number of nitrogens with zero attached hydrogens (tertiary/aromatic N) is 1. The summed E-state index contributed by atoms with van der Waals surface area (Å²) in [6, 6.07) is 29.9. The molecule has 1 heterocycles. The Balaban J connectivity index is 1.43. The maximum Gasteiger partial charge on any atom is 0.256 e. The first kappa shape index (κ1) is 21.3. The summed E-state index contributed by atoms with van der Waals surface area (Å²) in [5, 5.41) is 6.45. The summed E-state index contributed by atoms with van der Waals surface area (Å²) in [5.74, 6) is -0.102. The molecule has 0 aliphatic rings. The zero-order chi connectivity index (χ0) is 22.2. The second-order valence-corrected chi connectivity index (χ2v) is 7.63. The molecule has 3 aromatic carbocycles. The van der Waals surface area contributed by atoms with E-state index in [0.29, 0.717) is 5.56 Å². The van der Waals surface area contributed by atoms with E-state index in [1.807, 2.05) is 91.1 Å². The van der Waals surface area contributed by atoms with Crippen molar-refractivity contribution in [1.82, 2.24) is 4.98 Å². The fourth-order valence-electron chi connectivity index (χ4n) is 3.62. The van der Waals surface area contributed by atoms with Gasteiger partial charge in [-0.2, -0.15) is 0 Å². The number of carbonyl (C=O) groups excluding carboxylic acids is 1. The van der Waals surface area contributed by atoms with Crippen LogP contribution in [0.2, 0.25) is 0 Å². The van der Waals surface area contributed by atoms with Crippen LogP contribution in [0.3, 0.4) is 0 Å². The van der Waals surface area contributed by atoms with E-state index in [0.717, 1.165) is 53.1 Å². The second-order valence-electron chi connectivity index (χ2n) is 7.63. The first-order valence-electron chi connectivity index (χ1n) is 11.0. The van der Waals surface area contributed by atoms with Gasteiger partial charge >= 0.3 is 0 Å². The van der Waals surface area contributed by atoms with Gasteiger partial charge in [-0.05, 0) is 65.6 Å². The molecule has 0 spiro atoms. The monoisotopic (exact) mass is 421 g/mol. The number of amides is 1. The summed E-state index contributed by atoms with van der Waals surface area (Å²) < 4.78 is 0. The number of rotatable bonds is 8. The fraction of sp³-hybridized carbons (Fsp3) is 0.143. The van der Waals surface area contributed by atoms with Gasteiger partial charge in [0, 0.05) is 41.8 Å². The van der Waals surface area contributed by atoms with Crippen LogP contribution in [0.1, 0.15) is 28.5 Å². The Labute approximate surface area is 189 Å². The first-order valence-corrected chi connectivity index (χ1v) is 11.0. The maximum atomic E-state index is 13.2. The molecule has 32 heavy (non-hydrogen) atoms. The van der Waals surface area contributed by atoms with E-state index in [1.165, 1.54) is 0 Å². The molecule has 0 unspecified atom stereocenters. The molecular formula is C28H27N3O. The van der Waals surface area contributed by atoms with Gasteiger partial charge in [-0.3, -0.25) is 9.78 Å². The van der Waals surface area contributed by atoms with Gasteiger partial charge in [0.1, 0.15) is 0 Å². The molecule has 0 aliphatic heterocycles. The third-order valence-electron chi connectivity index (χ3n) is 5.40. The second kappa shape index (κ2) is 10.4. The molecule has 0 radical (unpaired) electrons. The Morgan fingerprint density at radius 1 is 0.844 bits per heavy atom. The van der Waals surface area contributed by atoms with Crippen LogP contribution in [-0.2, 0) is 12.8 Å². The minimum absolute atomic E-state index is 0.102. The van der Waals surface area contributed by atoms with Crippen LogP contribution in [0.25, 0.3) is 11.1 Å². The quantitative estimate of drug-likeness (QED) is 0.355. The van der Waals surface area contributed by atoms with E-state index in [4.69, 9.17) is 0 Å². The van der Waals surface area contributed by atoms with Crippen molar-refractivity contribution in [2.24, 2.45) is 0 Å². The molecule has 0 atom stereocenters. The highest BCUT2D eigenvalue weighted by Gasteiger charge is 2.14. The lowest BCUT2D eigenvalue weighted by Gasteiger charge is -2.13. The maximum absolute atomic E-state index is 13.2. The van der Waals surface area contributed by atoms with Crippen molar-refractivity contribution in [3.05, 3.63) is 114 Å². The summed E-state index contributed by atoms with van der Waals surface area (Å²) in [6.45, 7) is 2.89. The smallest absolute Gasteiger partial charge is 0.256 e. The lowest BCUT2D eigenvalue weighted by atomic mass is 9.96. The van der Waals surface area contributed by atoms with Gasteiger partial charge in [0.05, 0.1) is 0 Å². The molecule has 160 valence electrons. The van der Waals surface area contributed by atoms with Gasteiger partial charge in [0.25, 0.3) is 5.91 Å². The van der Waals surface area contributed by atoms with Crippen LogP contribution in [0.4, 0.5) is 11.4 Å². The van der Waals surface area contributed by atoms with Crippen LogP contribution in [0.15, 0.2) is 97.2 Å². The molecule has 0 saturated carbocycles. The molecule has 0 aliphatic carbocycles. The summed E-state index contributed by atoms with van der Waals surface area (Å²) in [6.07, 6.45) is 3.55. The van der Waals surface area contributed by atoms with Crippen molar-refractivity contribution in [2.45, 2.75) is 19.8 Å². The van der Waals surface area contributed by atoms with Gasteiger partial charge in [0.15, 0.2) is 0 Å². The Bertz CT molecular complexity index is 1160. The highest BCUT2D eigenvalue weighted by Crippen LogP contribution is 2.26. The van der Waals surface area contributed by atoms with Gasteiger partial charge in [-0.1, -0.05) is 55.5 Å². The standard InChI is InChI=1S/C28H27N3O/c1-2-21-11-16-26(22-8-4-3-5-9-22)27(20-21)28(32)31-25-14-12-24(13-15-25)30-19-17-23-10-6-7-18-29-23/h3-16,18,20,30H,2,17,19H2,1H3,(H,31,32). The minimum atomic E-state index is -0.102. The average molecular weight is 422 g/mol. The van der Waals surface area contributed by atoms with E-state index < -0.39 is 0 Å². The molecule has 0 fully saturated rings. The Hall–Kier alpha value is -3.92. The molecule has 4 nitrogen and oxygen atoms in total. The van der Waals surface area contributed by atoms with Crippen molar-refractivity contribution in [2.75, 3.05) is 17.2 Å². The third-order valence-corrected chi connectivity index (χ3v) is 5.40. The van der Waals surface area contributed by atoms with Crippen molar-refractivity contribution in [3.8, 4) is 11.1 Å². The highest BCUT2D eigenvalue weighted by atomic mass is 16.1. The predicted octanol–water partition coefficient (Wildman–Crippen LogP) is 6.22. The fourth-order valence-corrected chi connectivity index (χ4v) is 3.62. The number of carbonyl (C=O) groups is 1. The Kier molecular flexibility index (Phi) is 6.93. The number of anilines is 2. The topological polar surface area (TPSA) is 54.0 Å². The molecule has 0 bridgehead atoms. The summed E-state index contributed by atoms with van der Waals surface area (Å²) >= 11 is 0. The van der Waals surface area contributed by atoms with Crippen molar-refractivity contribution >= 4 is 17.3 Å². The zero-order valence-electron chi connectivity index (χ0n) is 18.2. The van der Waals surface area contributed by atoms with E-state index in [9.17, 15) is 4.79 Å². The molecule has 1 aromatic heterocycles. The van der Waals surface area contributed by atoms with Crippen molar-refractivity contribution in [3.63, 3.8) is 0 Å². The number of benzene rings is 3. The molecule has 2 N–H and O–H groups in total. The zero-order valence-corrected chi connectivity index (χ0v) is 18.2. The number of nitrogens with one attached hydrogen (secondary N) is 2.